The first-order chi connectivity index (χ1) is 22.5. The minimum absolute atomic E-state index is 0.0605. The van der Waals surface area contributed by atoms with Crippen LogP contribution in [-0.2, 0) is 18.4 Å². The number of phosphoric ester groups is 1. The zero-order valence-electron chi connectivity index (χ0n) is 31.3. The molecule has 9 heteroatoms. The number of nitrogens with one attached hydrogen (secondary N) is 1. The van der Waals surface area contributed by atoms with Crippen molar-refractivity contribution >= 4 is 13.7 Å². The highest BCUT2D eigenvalue weighted by Crippen LogP contribution is 2.43. The molecule has 0 radical (unpaired) electrons. The van der Waals surface area contributed by atoms with Crippen molar-refractivity contribution in [2.45, 2.75) is 174 Å². The number of allylic oxidation sites excluding steroid dienone is 3. The second-order valence-electron chi connectivity index (χ2n) is 14.3. The normalized spacial score (nSPS) is 15.0. The summed E-state index contributed by atoms with van der Waals surface area (Å²) in [7, 11) is 1.56. The van der Waals surface area contributed by atoms with E-state index in [-0.39, 0.29) is 19.1 Å². The molecule has 1 amide bonds. The molecule has 47 heavy (non-hydrogen) atoms. The summed E-state index contributed by atoms with van der Waals surface area (Å²) in [4.78, 5) is 23.0. The van der Waals surface area contributed by atoms with Gasteiger partial charge in [-0.15, -0.1) is 0 Å². The van der Waals surface area contributed by atoms with Gasteiger partial charge in [0.05, 0.1) is 39.9 Å². The molecule has 0 spiro atoms. The quantitative estimate of drug-likeness (QED) is 0.0269. The molecule has 0 aliphatic rings. The van der Waals surface area contributed by atoms with Gasteiger partial charge in [0.2, 0.25) is 5.91 Å². The third-order valence-electron chi connectivity index (χ3n) is 8.42. The molecule has 0 aliphatic heterocycles. The fraction of sp³-hybridized carbons (Fsp3) is 0.868. The Hall–Kier alpha value is -1.02. The number of nitrogens with zero attached hydrogens (tertiary/aromatic N) is 1. The van der Waals surface area contributed by atoms with Gasteiger partial charge in [-0.2, -0.15) is 0 Å². The number of amides is 1. The number of hydrogen-bond acceptors (Lipinski definition) is 5. The summed E-state index contributed by atoms with van der Waals surface area (Å²) in [5, 5.41) is 13.7. The molecule has 0 saturated heterocycles. The molecule has 278 valence electrons. The number of rotatable bonds is 34. The lowest BCUT2D eigenvalue weighted by atomic mass is 10.1. The molecule has 3 unspecified atom stereocenters. The average molecular weight is 688 g/mol. The van der Waals surface area contributed by atoms with Crippen molar-refractivity contribution in [1.29, 1.82) is 0 Å². The smallest absolute Gasteiger partial charge is 0.387 e. The van der Waals surface area contributed by atoms with Gasteiger partial charge in [0.1, 0.15) is 13.2 Å². The molecule has 8 nitrogen and oxygen atoms in total. The number of phosphoric acid groups is 1. The van der Waals surface area contributed by atoms with Gasteiger partial charge < -0.3 is 19.8 Å². The molecule has 0 aliphatic carbocycles. The van der Waals surface area contributed by atoms with Crippen molar-refractivity contribution in [2.24, 2.45) is 0 Å². The van der Waals surface area contributed by atoms with Crippen LogP contribution in [0.2, 0.25) is 0 Å². The number of quaternary nitrogens is 1. The molecule has 3 N–H and O–H groups in total. The molecule has 0 bridgehead atoms. The van der Waals surface area contributed by atoms with Crippen LogP contribution in [0.4, 0.5) is 0 Å². The molecule has 0 aromatic heterocycles. The molecule has 3 atom stereocenters. The van der Waals surface area contributed by atoms with E-state index in [1.807, 2.05) is 27.2 Å². The second-order valence-corrected chi connectivity index (χ2v) is 15.8. The van der Waals surface area contributed by atoms with Crippen molar-refractivity contribution in [3.63, 3.8) is 0 Å². The Morgan fingerprint density at radius 2 is 1.15 bits per heavy atom. The zero-order valence-corrected chi connectivity index (χ0v) is 32.2. The molecular formula is C38H76N2O6P+. The van der Waals surface area contributed by atoms with E-state index >= 15 is 0 Å². The van der Waals surface area contributed by atoms with Crippen LogP contribution in [0.1, 0.15) is 162 Å². The maximum Gasteiger partial charge on any atom is 0.472 e. The third-order valence-corrected chi connectivity index (χ3v) is 9.40. The number of unbranched alkanes of at least 4 members (excludes halogenated alkanes) is 19. The molecular weight excluding hydrogens is 611 g/mol. The van der Waals surface area contributed by atoms with Gasteiger partial charge >= 0.3 is 7.82 Å². The standard InChI is InChI=1S/C38H75N2O6P/c1-6-8-10-12-14-16-18-20-22-24-26-28-30-32-38(42)39-36(35-46-47(43,44)45-34-33-40(3,4)5)37(41)31-29-27-25-23-21-19-17-15-13-11-9-7-2/h16,18,29,31,36-37,41H,6-15,17,19-28,30,32-35H2,1-5H3,(H-,39,42,43,44)/p+1/b18-16-,31-29+. The van der Waals surface area contributed by atoms with Crippen LogP contribution in [0.3, 0.4) is 0 Å². The van der Waals surface area contributed by atoms with Crippen LogP contribution in [0.15, 0.2) is 24.3 Å². The lowest BCUT2D eigenvalue weighted by Crippen LogP contribution is -2.45. The van der Waals surface area contributed by atoms with Gasteiger partial charge in [-0.1, -0.05) is 134 Å². The fourth-order valence-electron chi connectivity index (χ4n) is 5.27. The summed E-state index contributed by atoms with van der Waals surface area (Å²) in [6, 6.07) is -0.845. The van der Waals surface area contributed by atoms with Crippen LogP contribution in [-0.4, -0.2) is 73.4 Å². The van der Waals surface area contributed by atoms with Crippen molar-refractivity contribution in [1.82, 2.24) is 5.32 Å². The fourth-order valence-corrected chi connectivity index (χ4v) is 6.00. The molecule has 0 saturated carbocycles. The van der Waals surface area contributed by atoms with Crippen molar-refractivity contribution in [3.05, 3.63) is 24.3 Å². The van der Waals surface area contributed by atoms with Gasteiger partial charge in [0.25, 0.3) is 0 Å². The van der Waals surface area contributed by atoms with Gasteiger partial charge in [0.15, 0.2) is 0 Å². The predicted octanol–water partition coefficient (Wildman–Crippen LogP) is 9.80. The van der Waals surface area contributed by atoms with E-state index in [0.29, 0.717) is 17.4 Å². The predicted molar refractivity (Wildman–Crippen MR) is 198 cm³/mol. The third kappa shape index (κ3) is 33.3. The highest BCUT2D eigenvalue weighted by molar-refractivity contribution is 7.47. The summed E-state index contributed by atoms with van der Waals surface area (Å²) >= 11 is 0. The number of hydrogen-bond donors (Lipinski definition) is 3. The van der Waals surface area contributed by atoms with Gasteiger partial charge in [-0.25, -0.2) is 4.57 Å². The lowest BCUT2D eigenvalue weighted by Gasteiger charge is -2.25. The molecule has 0 aromatic rings. The van der Waals surface area contributed by atoms with Crippen LogP contribution in [0, 0.1) is 0 Å². The highest BCUT2D eigenvalue weighted by Gasteiger charge is 2.27. The Morgan fingerprint density at radius 1 is 0.702 bits per heavy atom. The first-order valence-corrected chi connectivity index (χ1v) is 20.7. The molecule has 0 heterocycles. The zero-order chi connectivity index (χ0) is 35.1. The van der Waals surface area contributed by atoms with E-state index in [0.717, 1.165) is 51.4 Å². The van der Waals surface area contributed by atoms with E-state index in [2.05, 4.69) is 31.3 Å². The summed E-state index contributed by atoms with van der Waals surface area (Å²) in [6.45, 7) is 4.76. The molecule has 0 fully saturated rings. The second kappa shape index (κ2) is 31.0. The number of aliphatic hydroxyl groups excluding tert-OH is 1. The van der Waals surface area contributed by atoms with E-state index in [1.54, 1.807) is 6.08 Å². The molecule has 0 aromatic carbocycles. The SMILES string of the molecule is CCCCCC/C=C\CCCCCCCC(=O)NC(COP(=O)(O)OCC[N+](C)(C)C)C(O)/C=C/CCCCCCCCCCCC. The molecule has 0 rings (SSSR count). The van der Waals surface area contributed by atoms with Crippen LogP contribution in [0.25, 0.3) is 0 Å². The maximum absolute atomic E-state index is 12.8. The Labute approximate surface area is 290 Å². The maximum atomic E-state index is 12.8. The Balaban J connectivity index is 4.56. The first kappa shape index (κ1) is 46.0. The van der Waals surface area contributed by atoms with Gasteiger partial charge in [-0.3, -0.25) is 13.8 Å². The summed E-state index contributed by atoms with van der Waals surface area (Å²) in [6.07, 6.45) is 33.8. The number of aliphatic hydroxyl groups is 1. The van der Waals surface area contributed by atoms with E-state index < -0.39 is 20.0 Å². The van der Waals surface area contributed by atoms with Crippen molar-refractivity contribution in [3.8, 4) is 0 Å². The minimum Gasteiger partial charge on any atom is -0.387 e. The van der Waals surface area contributed by atoms with Gasteiger partial charge in [0, 0.05) is 6.42 Å². The summed E-state index contributed by atoms with van der Waals surface area (Å²) < 4.78 is 23.4. The van der Waals surface area contributed by atoms with Crippen LogP contribution >= 0.6 is 7.82 Å². The lowest BCUT2D eigenvalue weighted by molar-refractivity contribution is -0.870. The van der Waals surface area contributed by atoms with E-state index in [4.69, 9.17) is 9.05 Å². The first-order valence-electron chi connectivity index (χ1n) is 19.2. The van der Waals surface area contributed by atoms with Crippen LogP contribution in [0.5, 0.6) is 0 Å². The van der Waals surface area contributed by atoms with E-state index in [1.165, 1.54) is 89.9 Å². The highest BCUT2D eigenvalue weighted by atomic mass is 31.2. The summed E-state index contributed by atoms with van der Waals surface area (Å²) in [5.41, 5.74) is 0. The Morgan fingerprint density at radius 3 is 1.66 bits per heavy atom. The Bertz CT molecular complexity index is 829. The number of carbonyl (C=O) groups is 1. The topological polar surface area (TPSA) is 105 Å². The van der Waals surface area contributed by atoms with Crippen molar-refractivity contribution in [2.75, 3.05) is 40.9 Å². The number of carbonyl (C=O) groups excluding carboxylic acids is 1. The average Bonchev–Trinajstić information content (AvgIpc) is 3.01. The van der Waals surface area contributed by atoms with Crippen LogP contribution < -0.4 is 5.32 Å². The number of likely N-dealkylation sites (N-methyl/N-ethyl adjacent to an activating group) is 1. The summed E-state index contributed by atoms with van der Waals surface area (Å²) in [5.74, 6) is -0.189. The Kier molecular flexibility index (Phi) is 30.3. The van der Waals surface area contributed by atoms with Gasteiger partial charge in [-0.05, 0) is 44.9 Å². The minimum atomic E-state index is -4.33. The largest absolute Gasteiger partial charge is 0.472 e. The van der Waals surface area contributed by atoms with Crippen molar-refractivity contribution < 1.29 is 32.9 Å². The van der Waals surface area contributed by atoms with E-state index in [9.17, 15) is 19.4 Å². The monoisotopic (exact) mass is 688 g/mol.